The zero-order chi connectivity index (χ0) is 14.8. The maximum Gasteiger partial charge on any atom is 0.336 e. The van der Waals surface area contributed by atoms with Gasteiger partial charge in [-0.3, -0.25) is 0 Å². The number of fused-ring (bicyclic) bond motifs is 1. The van der Waals surface area contributed by atoms with Crippen LogP contribution in [0.1, 0.15) is 23.2 Å². The first-order chi connectivity index (χ1) is 10.2. The summed E-state index contributed by atoms with van der Waals surface area (Å²) in [5.41, 5.74) is 0.990. The Morgan fingerprint density at radius 1 is 1.33 bits per heavy atom. The molecule has 1 aliphatic heterocycles. The van der Waals surface area contributed by atoms with Gasteiger partial charge >= 0.3 is 5.97 Å². The summed E-state index contributed by atoms with van der Waals surface area (Å²) in [6.45, 7) is 2.06. The molecule has 0 bridgehead atoms. The average Bonchev–Trinajstić information content (AvgIpc) is 2.95. The molecule has 3 rings (SSSR count). The molecule has 5 heteroatoms. The van der Waals surface area contributed by atoms with Crippen LogP contribution in [0.2, 0.25) is 0 Å². The van der Waals surface area contributed by atoms with Crippen molar-refractivity contribution in [2.24, 2.45) is 5.92 Å². The predicted octanol–water partition coefficient (Wildman–Crippen LogP) is 2.14. The maximum atomic E-state index is 11.2. The number of hydrogen-bond acceptors (Lipinski definition) is 4. The van der Waals surface area contributed by atoms with Crippen LogP contribution >= 0.6 is 0 Å². The van der Waals surface area contributed by atoms with E-state index in [0.29, 0.717) is 16.8 Å². The number of carboxylic acids is 1. The molecule has 0 radical (unpaired) electrons. The van der Waals surface area contributed by atoms with Crippen molar-refractivity contribution in [3.05, 3.63) is 35.9 Å². The van der Waals surface area contributed by atoms with E-state index in [0.717, 1.165) is 31.7 Å². The zero-order valence-corrected chi connectivity index (χ0v) is 11.7. The molecule has 110 valence electrons. The molecule has 21 heavy (non-hydrogen) atoms. The van der Waals surface area contributed by atoms with Crippen molar-refractivity contribution in [3.8, 4) is 0 Å². The molecule has 0 aliphatic carbocycles. The van der Waals surface area contributed by atoms with Crippen molar-refractivity contribution < 1.29 is 15.0 Å². The molecule has 1 aromatic heterocycles. The van der Waals surface area contributed by atoms with E-state index in [1.54, 1.807) is 12.1 Å². The normalized spacial score (nSPS) is 18.3. The van der Waals surface area contributed by atoms with Gasteiger partial charge in [0.25, 0.3) is 0 Å². The second-order valence-electron chi connectivity index (χ2n) is 5.46. The van der Waals surface area contributed by atoms with Crippen LogP contribution in [0, 0.1) is 5.92 Å². The second-order valence-corrected chi connectivity index (χ2v) is 5.46. The first-order valence-corrected chi connectivity index (χ1v) is 7.18. The summed E-state index contributed by atoms with van der Waals surface area (Å²) in [5.74, 6) is 0.461. The van der Waals surface area contributed by atoms with Crippen LogP contribution < -0.4 is 4.90 Å². The fraction of sp³-hybridized carbons (Fsp3) is 0.375. The number of aliphatic hydroxyl groups is 1. The van der Waals surface area contributed by atoms with Gasteiger partial charge in [-0.05, 0) is 43.0 Å². The second kappa shape index (κ2) is 5.69. The minimum atomic E-state index is -0.931. The molecular weight excluding hydrogens is 268 g/mol. The summed E-state index contributed by atoms with van der Waals surface area (Å²) in [6, 6.07) is 8.88. The number of pyridine rings is 1. The van der Waals surface area contributed by atoms with Crippen LogP contribution in [0.5, 0.6) is 0 Å². The minimum Gasteiger partial charge on any atom is -0.478 e. The lowest BCUT2D eigenvalue weighted by atomic mass is 10.1. The number of anilines is 1. The molecule has 1 atom stereocenters. The molecule has 2 heterocycles. The maximum absolute atomic E-state index is 11.2. The van der Waals surface area contributed by atoms with Crippen LogP contribution in [-0.4, -0.2) is 40.9 Å². The van der Waals surface area contributed by atoms with Crippen molar-refractivity contribution >= 4 is 22.7 Å². The molecule has 0 amide bonds. The summed E-state index contributed by atoms with van der Waals surface area (Å²) < 4.78 is 0. The van der Waals surface area contributed by atoms with Gasteiger partial charge in [0, 0.05) is 25.1 Å². The number of aromatic carboxylic acids is 1. The van der Waals surface area contributed by atoms with Gasteiger partial charge in [-0.15, -0.1) is 0 Å². The Balaban J connectivity index is 1.90. The number of benzene rings is 1. The largest absolute Gasteiger partial charge is 0.478 e. The van der Waals surface area contributed by atoms with Gasteiger partial charge in [0.1, 0.15) is 5.82 Å². The Hall–Kier alpha value is -2.14. The monoisotopic (exact) mass is 286 g/mol. The third kappa shape index (κ3) is 2.69. The molecule has 0 unspecified atom stereocenters. The molecule has 0 spiro atoms. The minimum absolute atomic E-state index is 0.228. The van der Waals surface area contributed by atoms with Gasteiger partial charge in [0.2, 0.25) is 0 Å². The molecule has 1 saturated heterocycles. The van der Waals surface area contributed by atoms with E-state index in [1.807, 2.05) is 18.2 Å². The highest BCUT2D eigenvalue weighted by Crippen LogP contribution is 2.27. The Bertz CT molecular complexity index is 672. The lowest BCUT2D eigenvalue weighted by molar-refractivity contribution is 0.0699. The first kappa shape index (κ1) is 13.8. The number of rotatable bonds is 4. The zero-order valence-electron chi connectivity index (χ0n) is 11.7. The quantitative estimate of drug-likeness (QED) is 0.901. The van der Waals surface area contributed by atoms with E-state index in [-0.39, 0.29) is 12.2 Å². The molecule has 2 N–H and O–H groups in total. The summed E-state index contributed by atoms with van der Waals surface area (Å²) in [6.07, 6.45) is 1.89. The van der Waals surface area contributed by atoms with Gasteiger partial charge in [-0.25, -0.2) is 9.78 Å². The van der Waals surface area contributed by atoms with Crippen LogP contribution in [0.4, 0.5) is 5.82 Å². The third-order valence-electron chi connectivity index (χ3n) is 4.09. The summed E-state index contributed by atoms with van der Waals surface area (Å²) >= 11 is 0. The van der Waals surface area contributed by atoms with Crippen LogP contribution in [0.25, 0.3) is 10.9 Å². The smallest absolute Gasteiger partial charge is 0.336 e. The van der Waals surface area contributed by atoms with Crippen molar-refractivity contribution in [3.63, 3.8) is 0 Å². The van der Waals surface area contributed by atoms with Crippen LogP contribution in [-0.2, 0) is 0 Å². The lowest BCUT2D eigenvalue weighted by Gasteiger charge is -2.18. The Morgan fingerprint density at radius 3 is 2.95 bits per heavy atom. The number of nitrogens with zero attached hydrogens (tertiary/aromatic N) is 2. The van der Waals surface area contributed by atoms with Crippen molar-refractivity contribution in [2.75, 3.05) is 24.6 Å². The fourth-order valence-corrected chi connectivity index (χ4v) is 2.97. The molecule has 1 aromatic carbocycles. The van der Waals surface area contributed by atoms with Gasteiger partial charge in [-0.1, -0.05) is 6.07 Å². The van der Waals surface area contributed by atoms with Gasteiger partial charge < -0.3 is 15.1 Å². The topological polar surface area (TPSA) is 73.7 Å². The highest BCUT2D eigenvalue weighted by Gasteiger charge is 2.23. The van der Waals surface area contributed by atoms with E-state index >= 15 is 0 Å². The Morgan fingerprint density at radius 2 is 2.19 bits per heavy atom. The van der Waals surface area contributed by atoms with Crippen LogP contribution in [0.3, 0.4) is 0 Å². The van der Waals surface area contributed by atoms with E-state index in [9.17, 15) is 9.90 Å². The SMILES string of the molecule is O=C(O)c1cccc2nc(N3CC[C@@H](CCO)C3)ccc12. The number of carboxylic acid groups (broad SMARTS) is 1. The number of aromatic nitrogens is 1. The molecule has 2 aromatic rings. The van der Waals surface area contributed by atoms with Gasteiger partial charge in [0.15, 0.2) is 0 Å². The van der Waals surface area contributed by atoms with Gasteiger partial charge in [-0.2, -0.15) is 0 Å². The summed E-state index contributed by atoms with van der Waals surface area (Å²) in [7, 11) is 0. The number of carbonyl (C=O) groups is 1. The van der Waals surface area contributed by atoms with Crippen molar-refractivity contribution in [1.29, 1.82) is 0 Å². The van der Waals surface area contributed by atoms with E-state index < -0.39 is 5.97 Å². The fourth-order valence-electron chi connectivity index (χ4n) is 2.97. The van der Waals surface area contributed by atoms with Crippen molar-refractivity contribution in [2.45, 2.75) is 12.8 Å². The van der Waals surface area contributed by atoms with Gasteiger partial charge in [0.05, 0.1) is 11.1 Å². The first-order valence-electron chi connectivity index (χ1n) is 7.18. The Kier molecular flexibility index (Phi) is 3.75. The molecule has 5 nitrogen and oxygen atoms in total. The predicted molar refractivity (Wildman–Crippen MR) is 80.7 cm³/mol. The van der Waals surface area contributed by atoms with E-state index in [4.69, 9.17) is 5.11 Å². The van der Waals surface area contributed by atoms with E-state index in [2.05, 4.69) is 9.88 Å². The lowest BCUT2D eigenvalue weighted by Crippen LogP contribution is -2.21. The molecule has 0 saturated carbocycles. The molecular formula is C16H18N2O3. The molecule has 1 aliphatic rings. The standard InChI is InChI=1S/C16H18N2O3/c19-9-7-11-6-8-18(10-11)15-5-4-12-13(16(20)21)2-1-3-14(12)17-15/h1-5,11,19H,6-10H2,(H,20,21)/t11-/m0/s1. The summed E-state index contributed by atoms with van der Waals surface area (Å²) in [5, 5.41) is 18.9. The number of aliphatic hydroxyl groups excluding tert-OH is 1. The number of hydrogen-bond donors (Lipinski definition) is 2. The molecule has 1 fully saturated rings. The Labute approximate surface area is 122 Å². The average molecular weight is 286 g/mol. The van der Waals surface area contributed by atoms with Crippen molar-refractivity contribution in [1.82, 2.24) is 4.98 Å². The third-order valence-corrected chi connectivity index (χ3v) is 4.09. The highest BCUT2D eigenvalue weighted by molar-refractivity contribution is 6.02. The van der Waals surface area contributed by atoms with Crippen LogP contribution in [0.15, 0.2) is 30.3 Å². The summed E-state index contributed by atoms with van der Waals surface area (Å²) in [4.78, 5) is 18.0. The van der Waals surface area contributed by atoms with E-state index in [1.165, 1.54) is 0 Å². The highest BCUT2D eigenvalue weighted by atomic mass is 16.4.